The Bertz CT molecular complexity index is 3650. The molecule has 0 amide bonds. The van der Waals surface area contributed by atoms with Gasteiger partial charge in [0.2, 0.25) is 11.9 Å². The van der Waals surface area contributed by atoms with Crippen LogP contribution in [0.25, 0.3) is 22.3 Å². The van der Waals surface area contributed by atoms with Gasteiger partial charge in [-0.15, -0.1) is 0 Å². The summed E-state index contributed by atoms with van der Waals surface area (Å²) in [6, 6.07) is 2.55. The van der Waals surface area contributed by atoms with Gasteiger partial charge in [0.05, 0.1) is 45.2 Å². The number of nitrogens with zero attached hydrogens (tertiary/aromatic N) is 10. The lowest BCUT2D eigenvalue weighted by Crippen LogP contribution is -2.31. The molecular formula is C38H49N16O22P3. The Morgan fingerprint density at radius 3 is 1.34 bits per heavy atom. The number of H-pyrrole nitrogens is 2. The fourth-order valence-electron chi connectivity index (χ4n) is 9.15. The highest BCUT2D eigenvalue weighted by atomic mass is 31.2. The number of hydrogen-bond acceptors (Lipinski definition) is 29. The number of phosphoric ester groups is 3. The molecule has 38 nitrogen and oxygen atoms in total. The Hall–Kier alpha value is -6.25. The molecule has 4 aliphatic heterocycles. The van der Waals surface area contributed by atoms with Crippen molar-refractivity contribution in [2.24, 2.45) is 0 Å². The van der Waals surface area contributed by atoms with Crippen LogP contribution in [-0.2, 0) is 59.8 Å². The molecule has 0 spiro atoms. The van der Waals surface area contributed by atoms with Crippen molar-refractivity contribution >= 4 is 69.3 Å². The number of nitrogens with one attached hydrogen (secondary N) is 2. The predicted octanol–water partition coefficient (Wildman–Crippen LogP) is -2.89. The Labute approximate surface area is 438 Å². The average Bonchev–Trinajstić information content (AvgIpc) is 4.26. The number of imidazole rings is 2. The average molecular weight is 1170 g/mol. The van der Waals surface area contributed by atoms with E-state index in [1.165, 1.54) is 40.0 Å². The zero-order valence-electron chi connectivity index (χ0n) is 40.3. The second-order valence-corrected chi connectivity index (χ2v) is 22.3. The maximum Gasteiger partial charge on any atom is 0.472 e. The normalized spacial score (nSPS) is 29.5. The van der Waals surface area contributed by atoms with Crippen LogP contribution in [0.1, 0.15) is 50.6 Å². The lowest BCUT2D eigenvalue weighted by molar-refractivity contribution is -0.0630. The fourth-order valence-corrected chi connectivity index (χ4v) is 12.0. The van der Waals surface area contributed by atoms with E-state index in [0.717, 1.165) is 15.5 Å². The molecular weight excluding hydrogens is 1130 g/mol. The topological polar surface area (TPSA) is 546 Å². The quantitative estimate of drug-likeness (QED) is 0.0342. The first-order valence-corrected chi connectivity index (χ1v) is 27.9. The number of ether oxygens (including phenoxy) is 4. The number of nitrogens with two attached hydrogens (primary N) is 4. The van der Waals surface area contributed by atoms with E-state index in [2.05, 4.69) is 39.9 Å². The monoisotopic (exact) mass is 1170 g/mol. The van der Waals surface area contributed by atoms with E-state index in [1.54, 1.807) is 0 Å². The minimum absolute atomic E-state index is 0.0340. The highest BCUT2D eigenvalue weighted by molar-refractivity contribution is 7.48. The molecule has 15 atom stereocenters. The van der Waals surface area contributed by atoms with E-state index in [0.29, 0.717) is 0 Å². The summed E-state index contributed by atoms with van der Waals surface area (Å²) in [5.74, 6) is -0.764. The minimum atomic E-state index is -5.38. The maximum absolute atomic E-state index is 13.9. The number of nitrogen functional groups attached to an aromatic ring is 4. The number of phosphoric acid groups is 3. The molecule has 79 heavy (non-hydrogen) atoms. The first kappa shape index (κ1) is 56.0. The van der Waals surface area contributed by atoms with Gasteiger partial charge in [-0.1, -0.05) is 0 Å². The van der Waals surface area contributed by atoms with Crippen molar-refractivity contribution in [3.63, 3.8) is 0 Å². The number of aliphatic hydroxyl groups excluding tert-OH is 2. The summed E-state index contributed by atoms with van der Waals surface area (Å²) in [4.78, 5) is 112. The summed E-state index contributed by atoms with van der Waals surface area (Å²) in [5.41, 5.74) is 19.3. The third-order valence-corrected chi connectivity index (χ3v) is 15.8. The van der Waals surface area contributed by atoms with E-state index in [-0.39, 0.29) is 65.1 Å². The molecule has 4 saturated heterocycles. The van der Waals surface area contributed by atoms with Gasteiger partial charge in [-0.25, -0.2) is 33.3 Å². The van der Waals surface area contributed by atoms with Gasteiger partial charge in [-0.3, -0.25) is 65.0 Å². The van der Waals surface area contributed by atoms with Crippen LogP contribution >= 0.6 is 23.5 Å². The fraction of sp³-hybridized carbons (Fsp3) is 0.526. The minimum Gasteiger partial charge on any atom is -0.394 e. The van der Waals surface area contributed by atoms with Crippen LogP contribution in [0.4, 0.5) is 23.5 Å². The molecule has 6 aromatic heterocycles. The molecule has 15 N–H and O–H groups in total. The number of aromatic amines is 2. The second kappa shape index (κ2) is 22.0. The van der Waals surface area contributed by atoms with Gasteiger partial charge in [0, 0.05) is 38.1 Å². The molecule has 3 unspecified atom stereocenters. The predicted molar refractivity (Wildman–Crippen MR) is 260 cm³/mol. The summed E-state index contributed by atoms with van der Waals surface area (Å²) in [6.45, 7) is -3.37. The summed E-state index contributed by atoms with van der Waals surface area (Å²) in [7, 11) is -15.8. The van der Waals surface area contributed by atoms with Crippen molar-refractivity contribution in [1.29, 1.82) is 0 Å². The van der Waals surface area contributed by atoms with Gasteiger partial charge in [0.15, 0.2) is 22.3 Å². The number of aliphatic hydroxyl groups is 2. The van der Waals surface area contributed by atoms with Gasteiger partial charge >= 0.3 is 34.8 Å². The van der Waals surface area contributed by atoms with Crippen LogP contribution in [0.3, 0.4) is 0 Å². The summed E-state index contributed by atoms with van der Waals surface area (Å²) >= 11 is 0. The standard InChI is InChI=1S/C38H49N16O22P3/c39-23-1-3-51(37(59)45-23)26-6-16(19(9-55)70-26)74-78(63,64)68-11-21-17(7-27(72-21)52-4-2-24(40)46-38(52)60)75-79(65,66)69-12-22-18(8-28(73-22)54-14-44-30-32(54)48-36(42)50-34(30)58)76-77(61,62)67-10-20-15(56)5-25(71-20)53-13-43-29-31(53)47-35(41)49-33(29)57/h1-4,13-22,25-28,55-56H,5-12H2,(H,61,62)(H,63,64)(H,65,66)(H2,39,45,59)(H2,40,46,60)(H3,41,47,49,57)(H3,42,48,50,58)/t15-,16-,17-,18-,19+,20+,21+,22+,25+,26+,27+,28+/m0/s1. The largest absolute Gasteiger partial charge is 0.472 e. The van der Waals surface area contributed by atoms with E-state index in [4.69, 9.17) is 69.0 Å². The molecule has 0 aromatic carbocycles. The maximum atomic E-state index is 13.9. The first-order valence-electron chi connectivity index (χ1n) is 23.4. The van der Waals surface area contributed by atoms with Crippen molar-refractivity contribution in [3.8, 4) is 0 Å². The first-order chi connectivity index (χ1) is 37.4. The van der Waals surface area contributed by atoms with Crippen LogP contribution < -0.4 is 45.4 Å². The van der Waals surface area contributed by atoms with Crippen LogP contribution in [0, 0.1) is 0 Å². The molecule has 10 rings (SSSR count). The van der Waals surface area contributed by atoms with Crippen molar-refractivity contribution < 1.29 is 84.7 Å². The van der Waals surface area contributed by atoms with Crippen LogP contribution in [-0.4, -0.2) is 158 Å². The second-order valence-electron chi connectivity index (χ2n) is 18.1. The Kier molecular flexibility index (Phi) is 15.6. The number of anilines is 4. The molecule has 0 radical (unpaired) electrons. The molecule has 4 aliphatic rings. The third-order valence-electron chi connectivity index (χ3n) is 12.8. The summed E-state index contributed by atoms with van der Waals surface area (Å²) in [5, 5.41) is 20.9. The Morgan fingerprint density at radius 2 is 0.924 bits per heavy atom. The number of rotatable bonds is 20. The van der Waals surface area contributed by atoms with Crippen molar-refractivity contribution in [2.45, 2.75) is 99.4 Å². The molecule has 4 fully saturated rings. The molecule has 0 bridgehead atoms. The molecule has 0 saturated carbocycles. The van der Waals surface area contributed by atoms with Crippen LogP contribution in [0.2, 0.25) is 0 Å². The zero-order valence-corrected chi connectivity index (χ0v) is 43.0. The van der Waals surface area contributed by atoms with Crippen LogP contribution in [0.15, 0.2) is 56.4 Å². The smallest absolute Gasteiger partial charge is 0.394 e. The summed E-state index contributed by atoms with van der Waals surface area (Å²) < 4.78 is 101. The van der Waals surface area contributed by atoms with Gasteiger partial charge in [-0.2, -0.15) is 19.9 Å². The van der Waals surface area contributed by atoms with E-state index >= 15 is 0 Å². The third kappa shape index (κ3) is 12.3. The van der Waals surface area contributed by atoms with Crippen molar-refractivity contribution in [3.05, 3.63) is 78.9 Å². The Balaban J connectivity index is 0.829. The van der Waals surface area contributed by atoms with E-state index < -0.39 is 153 Å². The lowest BCUT2D eigenvalue weighted by Gasteiger charge is -2.25. The zero-order chi connectivity index (χ0) is 56.3. The number of aromatic nitrogens is 12. The molecule has 6 aromatic rings. The highest BCUT2D eigenvalue weighted by Crippen LogP contribution is 2.53. The lowest BCUT2D eigenvalue weighted by atomic mass is 10.2. The molecule has 10 heterocycles. The van der Waals surface area contributed by atoms with E-state index in [1.807, 2.05) is 0 Å². The van der Waals surface area contributed by atoms with Gasteiger partial charge in [-0.05, 0) is 12.1 Å². The molecule has 428 valence electrons. The summed E-state index contributed by atoms with van der Waals surface area (Å²) in [6.07, 6.45) is -12.5. The van der Waals surface area contributed by atoms with Gasteiger partial charge < -0.3 is 66.8 Å². The van der Waals surface area contributed by atoms with Gasteiger partial charge in [0.1, 0.15) is 79.3 Å². The van der Waals surface area contributed by atoms with Crippen molar-refractivity contribution in [2.75, 3.05) is 49.4 Å². The molecule has 41 heteroatoms. The van der Waals surface area contributed by atoms with Gasteiger partial charge in [0.25, 0.3) is 11.1 Å². The molecule has 0 aliphatic carbocycles. The number of hydrogen-bond donors (Lipinski definition) is 11. The van der Waals surface area contributed by atoms with E-state index in [9.17, 15) is 57.8 Å². The van der Waals surface area contributed by atoms with Crippen molar-refractivity contribution in [1.82, 2.24) is 58.1 Å². The number of fused-ring (bicyclic) bond motifs is 2. The highest BCUT2D eigenvalue weighted by Gasteiger charge is 2.48. The van der Waals surface area contributed by atoms with Crippen LogP contribution in [0.5, 0.6) is 0 Å². The Morgan fingerprint density at radius 1 is 0.557 bits per heavy atom. The SMILES string of the molecule is Nc1ccn([C@H]2C[C@H](OP(=O)(O)OC[C@H]3O[C@@H](n4ccc(N)nc4=O)C[C@@H]3OP(=O)(O)OC[C@H]3O[C@@H](n4cnc5c(=O)[nH]c(N)nc54)C[C@@H]3OP(=O)(O)OC[C@H]3O[C@@H](n4cnc5c(=O)[nH]c(N)nc54)C[C@@H]3O)[C@@H](CO)O2)c(=O)n1.